The molecular formula is C19H31NO3S. The van der Waals surface area contributed by atoms with Gasteiger partial charge in [-0.2, -0.15) is 0 Å². The second kappa shape index (κ2) is 6.48. The summed E-state index contributed by atoms with van der Waals surface area (Å²) in [6.07, 6.45) is 7.65. The number of likely N-dealkylation sites (tertiary alicyclic amines) is 1. The summed E-state index contributed by atoms with van der Waals surface area (Å²) in [4.78, 5) is 14.5. The molecule has 5 rings (SSSR count). The van der Waals surface area contributed by atoms with Gasteiger partial charge in [-0.25, -0.2) is 0 Å². The number of β-amino-alcohol motifs (C(OH)–C–C–N with tert-alkyl or cyclic N) is 1. The Balaban J connectivity index is 1.31. The molecule has 4 nitrogen and oxygen atoms in total. The molecule has 1 saturated heterocycles. The summed E-state index contributed by atoms with van der Waals surface area (Å²) in [6.45, 7) is 4.91. The molecule has 0 aromatic carbocycles. The van der Waals surface area contributed by atoms with Crippen LogP contribution >= 0.6 is 11.8 Å². The molecule has 0 aromatic rings. The Morgan fingerprint density at radius 1 is 1.17 bits per heavy atom. The molecule has 4 saturated carbocycles. The van der Waals surface area contributed by atoms with Gasteiger partial charge in [0, 0.05) is 17.8 Å². The van der Waals surface area contributed by atoms with Gasteiger partial charge in [0.05, 0.1) is 18.0 Å². The Bertz CT molecular complexity index is 460. The van der Waals surface area contributed by atoms with Crippen LogP contribution < -0.4 is 0 Å². The van der Waals surface area contributed by atoms with Crippen LogP contribution in [0.5, 0.6) is 0 Å². The van der Waals surface area contributed by atoms with Gasteiger partial charge < -0.3 is 14.7 Å². The molecule has 2 atom stereocenters. The highest BCUT2D eigenvalue weighted by Gasteiger charge is 2.51. The number of amides is 1. The number of rotatable bonds is 5. The van der Waals surface area contributed by atoms with E-state index in [1.165, 1.54) is 38.5 Å². The Hall–Kier alpha value is -0.260. The van der Waals surface area contributed by atoms with E-state index in [1.54, 1.807) is 0 Å². The van der Waals surface area contributed by atoms with Crippen LogP contribution in [0.3, 0.4) is 0 Å². The van der Waals surface area contributed by atoms with Crippen molar-refractivity contribution >= 4 is 17.7 Å². The first-order chi connectivity index (χ1) is 11.4. The lowest BCUT2D eigenvalue weighted by molar-refractivity contribution is -0.128. The van der Waals surface area contributed by atoms with Crippen molar-refractivity contribution in [2.24, 2.45) is 17.8 Å². The quantitative estimate of drug-likeness (QED) is 0.826. The lowest BCUT2D eigenvalue weighted by Gasteiger charge is -2.56. The monoisotopic (exact) mass is 353 g/mol. The third-order valence-corrected chi connectivity index (χ3v) is 8.02. The number of aliphatic hydroxyl groups is 1. The average Bonchev–Trinajstić information content (AvgIpc) is 2.84. The van der Waals surface area contributed by atoms with Crippen LogP contribution in [0.15, 0.2) is 0 Å². The van der Waals surface area contributed by atoms with Gasteiger partial charge in [-0.3, -0.25) is 4.79 Å². The molecule has 24 heavy (non-hydrogen) atoms. The number of hydrogen-bond donors (Lipinski definition) is 1. The minimum absolute atomic E-state index is 0.0844. The van der Waals surface area contributed by atoms with Crippen molar-refractivity contribution < 1.29 is 14.6 Å². The fraction of sp³-hybridized carbons (Fsp3) is 0.947. The van der Waals surface area contributed by atoms with Crippen molar-refractivity contribution in [3.63, 3.8) is 0 Å². The maximum absolute atomic E-state index is 12.7. The van der Waals surface area contributed by atoms with Crippen LogP contribution in [0.25, 0.3) is 0 Å². The molecule has 0 aromatic heterocycles. The summed E-state index contributed by atoms with van der Waals surface area (Å²) in [5.41, 5.74) is 0. The number of hydrogen-bond acceptors (Lipinski definition) is 4. The van der Waals surface area contributed by atoms with Crippen molar-refractivity contribution in [3.05, 3.63) is 0 Å². The predicted molar refractivity (Wildman–Crippen MR) is 96.0 cm³/mol. The van der Waals surface area contributed by atoms with E-state index in [2.05, 4.69) is 0 Å². The number of aliphatic hydroxyl groups excluding tert-OH is 1. The van der Waals surface area contributed by atoms with Crippen LogP contribution in [0.2, 0.25) is 0 Å². The average molecular weight is 354 g/mol. The maximum Gasteiger partial charge on any atom is 0.232 e. The summed E-state index contributed by atoms with van der Waals surface area (Å²) in [5, 5.41) is 10.1. The molecule has 1 amide bonds. The molecular weight excluding hydrogens is 322 g/mol. The molecule has 1 aliphatic heterocycles. The lowest BCUT2D eigenvalue weighted by atomic mass is 9.56. The Kier molecular flexibility index (Phi) is 4.63. The Labute approximate surface area is 149 Å². The number of carbonyl (C=O) groups is 1. The number of carbonyl (C=O) groups excluding carboxylic acids is 1. The van der Waals surface area contributed by atoms with E-state index >= 15 is 0 Å². The molecule has 1 N–H and O–H groups in total. The third kappa shape index (κ3) is 3.36. The summed E-state index contributed by atoms with van der Waals surface area (Å²) in [7, 11) is 0. The summed E-state index contributed by atoms with van der Waals surface area (Å²) >= 11 is 1.93. The highest BCUT2D eigenvalue weighted by atomic mass is 32.2. The zero-order valence-corrected chi connectivity index (χ0v) is 15.8. The maximum atomic E-state index is 12.7. The highest BCUT2D eigenvalue weighted by molar-refractivity contribution is 8.01. The van der Waals surface area contributed by atoms with Crippen molar-refractivity contribution in [1.82, 2.24) is 4.90 Å². The molecule has 136 valence electrons. The molecule has 5 heteroatoms. The second-order valence-electron chi connectivity index (χ2n) is 8.98. The molecule has 4 bridgehead atoms. The van der Waals surface area contributed by atoms with Crippen molar-refractivity contribution in [2.45, 2.75) is 75.4 Å². The van der Waals surface area contributed by atoms with Crippen LogP contribution in [0.1, 0.15) is 52.4 Å². The van der Waals surface area contributed by atoms with E-state index in [9.17, 15) is 9.90 Å². The Morgan fingerprint density at radius 3 is 2.29 bits per heavy atom. The minimum Gasteiger partial charge on any atom is -0.388 e. The van der Waals surface area contributed by atoms with E-state index in [1.807, 2.05) is 30.5 Å². The molecule has 0 radical (unpaired) electrons. The zero-order valence-electron chi connectivity index (χ0n) is 14.9. The van der Waals surface area contributed by atoms with E-state index in [0.29, 0.717) is 23.6 Å². The normalized spacial score (nSPS) is 43.8. The molecule has 5 aliphatic rings. The van der Waals surface area contributed by atoms with Gasteiger partial charge in [0.25, 0.3) is 0 Å². The van der Waals surface area contributed by atoms with Crippen LogP contribution in [0, 0.1) is 17.8 Å². The lowest BCUT2D eigenvalue weighted by Crippen LogP contribution is -2.49. The number of nitrogens with zero attached hydrogens (tertiary/aromatic N) is 1. The number of ether oxygens (including phenoxy) is 1. The standard InChI is InChI=1S/C19H31NO3S/c1-12(2)23-17-10-20(9-16(17)21)18(22)11-24-19-6-13-3-14(7-19)5-15(4-13)8-19/h12-17,21H,3-11H2,1-2H3/t13?,14?,15?,16-,17-,19?/m0/s1. The summed E-state index contributed by atoms with van der Waals surface area (Å²) in [5.74, 6) is 3.54. The largest absolute Gasteiger partial charge is 0.388 e. The third-order valence-electron chi connectivity index (χ3n) is 6.52. The smallest absolute Gasteiger partial charge is 0.232 e. The highest BCUT2D eigenvalue weighted by Crippen LogP contribution is 2.60. The van der Waals surface area contributed by atoms with Crippen molar-refractivity contribution in [1.29, 1.82) is 0 Å². The van der Waals surface area contributed by atoms with E-state index in [4.69, 9.17) is 4.74 Å². The van der Waals surface area contributed by atoms with E-state index in [-0.39, 0.29) is 18.1 Å². The minimum atomic E-state index is -0.541. The Morgan fingerprint density at radius 2 is 1.75 bits per heavy atom. The molecule has 0 spiro atoms. The van der Waals surface area contributed by atoms with Gasteiger partial charge in [-0.15, -0.1) is 11.8 Å². The van der Waals surface area contributed by atoms with Crippen molar-refractivity contribution in [2.75, 3.05) is 18.8 Å². The SMILES string of the molecule is CC(C)O[C@H]1CN(C(=O)CSC23CC4CC(CC(C4)C2)C3)C[C@@H]1O. The fourth-order valence-corrected chi connectivity index (χ4v) is 7.63. The van der Waals surface area contributed by atoms with Crippen LogP contribution in [-0.2, 0) is 9.53 Å². The predicted octanol–water partition coefficient (Wildman–Crippen LogP) is 2.69. The first kappa shape index (κ1) is 17.2. The number of thioether (sulfide) groups is 1. The fourth-order valence-electron chi connectivity index (χ4n) is 5.96. The van der Waals surface area contributed by atoms with Crippen molar-refractivity contribution in [3.8, 4) is 0 Å². The van der Waals surface area contributed by atoms with E-state index < -0.39 is 6.10 Å². The summed E-state index contributed by atoms with van der Waals surface area (Å²) in [6, 6.07) is 0. The molecule has 5 fully saturated rings. The molecule has 0 unspecified atom stereocenters. The van der Waals surface area contributed by atoms with Gasteiger partial charge in [0.1, 0.15) is 6.10 Å². The van der Waals surface area contributed by atoms with Gasteiger partial charge in [0.15, 0.2) is 0 Å². The van der Waals surface area contributed by atoms with E-state index in [0.717, 1.165) is 17.8 Å². The van der Waals surface area contributed by atoms with Gasteiger partial charge in [-0.05, 0) is 70.1 Å². The topological polar surface area (TPSA) is 49.8 Å². The first-order valence-electron chi connectivity index (χ1n) is 9.68. The van der Waals surface area contributed by atoms with Crippen LogP contribution in [-0.4, -0.2) is 57.8 Å². The van der Waals surface area contributed by atoms with Gasteiger partial charge in [-0.1, -0.05) is 0 Å². The molecule has 1 heterocycles. The van der Waals surface area contributed by atoms with Gasteiger partial charge in [0.2, 0.25) is 5.91 Å². The molecule has 4 aliphatic carbocycles. The summed E-state index contributed by atoms with van der Waals surface area (Å²) < 4.78 is 6.12. The van der Waals surface area contributed by atoms with Gasteiger partial charge >= 0.3 is 0 Å². The first-order valence-corrected chi connectivity index (χ1v) is 10.7. The second-order valence-corrected chi connectivity index (χ2v) is 10.4. The zero-order chi connectivity index (χ0) is 16.9. The van der Waals surface area contributed by atoms with Crippen LogP contribution in [0.4, 0.5) is 0 Å².